The first kappa shape index (κ1) is 22.5. The normalized spacial score (nSPS) is 19.6. The molecule has 0 saturated carbocycles. The van der Waals surface area contributed by atoms with Crippen LogP contribution in [0.5, 0.6) is 0 Å². The minimum Gasteiger partial charge on any atom is -0.368 e. The maximum absolute atomic E-state index is 12.7. The minimum atomic E-state index is -0.688. The van der Waals surface area contributed by atoms with Gasteiger partial charge in [-0.1, -0.05) is 13.8 Å². The number of carbonyl (C=O) groups is 1. The number of anilines is 3. The number of rotatable bonds is 5. The van der Waals surface area contributed by atoms with Gasteiger partial charge >= 0.3 is 0 Å². The standard InChI is InChI=1S/C25H32N8O/c1-15(2)22-20-21-17(12-25(4,16(3)34)23(20)31-32(22)5)13-28-24(30-21)29-19-7-6-18(14-27-19)33-10-8-26-9-11-33/h6-7,13-15,26H,8-12H2,1-5H3,(H,27,28,29,30). The lowest BCUT2D eigenvalue weighted by molar-refractivity contribution is -0.122. The smallest absolute Gasteiger partial charge is 0.228 e. The van der Waals surface area contributed by atoms with Crippen molar-refractivity contribution in [3.05, 3.63) is 41.5 Å². The van der Waals surface area contributed by atoms with Crippen molar-refractivity contribution >= 4 is 23.2 Å². The minimum absolute atomic E-state index is 0.101. The van der Waals surface area contributed by atoms with Crippen molar-refractivity contribution in [2.24, 2.45) is 7.05 Å². The number of pyridine rings is 1. The highest BCUT2D eigenvalue weighted by atomic mass is 16.1. The van der Waals surface area contributed by atoms with Gasteiger partial charge in [-0.05, 0) is 43.9 Å². The molecule has 4 heterocycles. The van der Waals surface area contributed by atoms with E-state index in [0.717, 1.165) is 60.1 Å². The quantitative estimate of drug-likeness (QED) is 0.599. The maximum Gasteiger partial charge on any atom is 0.228 e. The third-order valence-electron chi connectivity index (χ3n) is 7.05. The van der Waals surface area contributed by atoms with Crippen molar-refractivity contribution < 1.29 is 4.79 Å². The molecule has 34 heavy (non-hydrogen) atoms. The van der Waals surface area contributed by atoms with Crippen molar-refractivity contribution in [1.82, 2.24) is 30.0 Å². The number of nitrogens with zero attached hydrogens (tertiary/aromatic N) is 6. The molecule has 3 aromatic rings. The summed E-state index contributed by atoms with van der Waals surface area (Å²) in [6.07, 6.45) is 4.26. The van der Waals surface area contributed by atoms with Crippen molar-refractivity contribution in [2.45, 2.75) is 45.4 Å². The molecule has 2 aliphatic rings. The Hall–Kier alpha value is -3.33. The van der Waals surface area contributed by atoms with Gasteiger partial charge in [0.1, 0.15) is 11.6 Å². The SMILES string of the molecule is CC(=O)C1(C)Cc2cnc(Nc3ccc(N4CCNCC4)cn3)nc2-c2c1nn(C)c2C(C)C. The van der Waals surface area contributed by atoms with Gasteiger partial charge in [-0.3, -0.25) is 9.48 Å². The van der Waals surface area contributed by atoms with Gasteiger partial charge in [0.15, 0.2) is 0 Å². The molecule has 9 heteroatoms. The number of Topliss-reactive ketones (excluding diaryl/α,β-unsaturated/α-hetero) is 1. The van der Waals surface area contributed by atoms with E-state index in [9.17, 15) is 4.79 Å². The third kappa shape index (κ3) is 3.73. The molecule has 0 spiro atoms. The number of hydrogen-bond acceptors (Lipinski definition) is 8. The van der Waals surface area contributed by atoms with E-state index in [2.05, 4.69) is 45.4 Å². The van der Waals surface area contributed by atoms with E-state index < -0.39 is 5.41 Å². The monoisotopic (exact) mass is 460 g/mol. The second-order valence-corrected chi connectivity index (χ2v) is 9.78. The summed E-state index contributed by atoms with van der Waals surface area (Å²) in [6, 6.07) is 4.04. The third-order valence-corrected chi connectivity index (χ3v) is 7.05. The topological polar surface area (TPSA) is 101 Å². The summed E-state index contributed by atoms with van der Waals surface area (Å²) in [5.74, 6) is 1.51. The fraction of sp³-hybridized carbons (Fsp3) is 0.480. The first-order valence-corrected chi connectivity index (χ1v) is 11.9. The molecule has 0 aromatic carbocycles. The van der Waals surface area contributed by atoms with E-state index in [1.54, 1.807) is 6.92 Å². The molecular weight excluding hydrogens is 428 g/mol. The zero-order valence-electron chi connectivity index (χ0n) is 20.5. The van der Waals surface area contributed by atoms with Crippen LogP contribution in [0, 0.1) is 0 Å². The zero-order chi connectivity index (χ0) is 24.0. The highest BCUT2D eigenvalue weighted by molar-refractivity contribution is 5.92. The van der Waals surface area contributed by atoms with Crippen molar-refractivity contribution in [3.63, 3.8) is 0 Å². The van der Waals surface area contributed by atoms with Crippen molar-refractivity contribution in [1.29, 1.82) is 0 Å². The molecular formula is C25H32N8O. The summed E-state index contributed by atoms with van der Waals surface area (Å²) in [6.45, 7) is 11.8. The Balaban J connectivity index is 1.49. The summed E-state index contributed by atoms with van der Waals surface area (Å²) in [5.41, 5.74) is 5.08. The molecule has 0 radical (unpaired) electrons. The fourth-order valence-corrected chi connectivity index (χ4v) is 5.07. The Bertz CT molecular complexity index is 1230. The Labute approximate surface area is 200 Å². The van der Waals surface area contributed by atoms with Crippen LogP contribution in [0.3, 0.4) is 0 Å². The van der Waals surface area contributed by atoms with E-state index in [0.29, 0.717) is 18.2 Å². The van der Waals surface area contributed by atoms with E-state index >= 15 is 0 Å². The summed E-state index contributed by atoms with van der Waals surface area (Å²) >= 11 is 0. The summed E-state index contributed by atoms with van der Waals surface area (Å²) < 4.78 is 1.90. The molecule has 0 bridgehead atoms. The number of carbonyl (C=O) groups excluding carboxylic acids is 1. The molecule has 2 N–H and O–H groups in total. The molecule has 1 aliphatic heterocycles. The Morgan fingerprint density at radius 1 is 1.18 bits per heavy atom. The van der Waals surface area contributed by atoms with Gasteiger partial charge < -0.3 is 15.5 Å². The average Bonchev–Trinajstić information content (AvgIpc) is 3.19. The number of ketones is 1. The number of aromatic nitrogens is 5. The van der Waals surface area contributed by atoms with Crippen LogP contribution in [-0.4, -0.2) is 56.7 Å². The predicted molar refractivity (Wildman–Crippen MR) is 133 cm³/mol. The van der Waals surface area contributed by atoms with E-state index in [4.69, 9.17) is 10.1 Å². The average molecular weight is 461 g/mol. The van der Waals surface area contributed by atoms with Gasteiger partial charge in [0.05, 0.1) is 34.4 Å². The van der Waals surface area contributed by atoms with Crippen LogP contribution in [0.15, 0.2) is 24.5 Å². The van der Waals surface area contributed by atoms with Gasteiger partial charge in [-0.25, -0.2) is 15.0 Å². The van der Waals surface area contributed by atoms with Crippen molar-refractivity contribution in [3.8, 4) is 11.3 Å². The molecule has 0 amide bonds. The van der Waals surface area contributed by atoms with E-state index in [1.165, 1.54) is 0 Å². The lowest BCUT2D eigenvalue weighted by Gasteiger charge is -2.31. The van der Waals surface area contributed by atoms with Gasteiger partial charge in [0, 0.05) is 45.0 Å². The predicted octanol–water partition coefficient (Wildman–Crippen LogP) is 2.95. The van der Waals surface area contributed by atoms with Gasteiger partial charge in [-0.2, -0.15) is 5.10 Å². The number of piperazine rings is 1. The number of hydrogen-bond donors (Lipinski definition) is 2. The Kier molecular flexibility index (Phi) is 5.59. The van der Waals surface area contributed by atoms with Gasteiger partial charge in [-0.15, -0.1) is 0 Å². The molecule has 1 atom stereocenters. The van der Waals surface area contributed by atoms with Crippen LogP contribution < -0.4 is 15.5 Å². The number of nitrogens with one attached hydrogen (secondary N) is 2. The highest BCUT2D eigenvalue weighted by Gasteiger charge is 2.44. The first-order valence-electron chi connectivity index (χ1n) is 11.9. The van der Waals surface area contributed by atoms with Gasteiger partial charge in [0.2, 0.25) is 5.95 Å². The number of fused-ring (bicyclic) bond motifs is 3. The van der Waals surface area contributed by atoms with Crippen LogP contribution in [0.4, 0.5) is 17.5 Å². The summed E-state index contributed by atoms with van der Waals surface area (Å²) in [4.78, 5) is 29.1. The Morgan fingerprint density at radius 3 is 2.59 bits per heavy atom. The molecule has 5 rings (SSSR count). The molecule has 1 aliphatic carbocycles. The van der Waals surface area contributed by atoms with Crippen LogP contribution in [0.25, 0.3) is 11.3 Å². The highest BCUT2D eigenvalue weighted by Crippen LogP contribution is 2.45. The molecule has 1 unspecified atom stereocenters. The van der Waals surface area contributed by atoms with Gasteiger partial charge in [0.25, 0.3) is 0 Å². The maximum atomic E-state index is 12.7. The molecule has 1 fully saturated rings. The molecule has 1 saturated heterocycles. The van der Waals surface area contributed by atoms with Crippen LogP contribution in [0.1, 0.15) is 50.6 Å². The van der Waals surface area contributed by atoms with Crippen LogP contribution in [-0.2, 0) is 23.7 Å². The second kappa shape index (κ2) is 8.47. The molecule has 9 nitrogen and oxygen atoms in total. The van der Waals surface area contributed by atoms with E-state index in [1.807, 2.05) is 37.1 Å². The zero-order valence-corrected chi connectivity index (χ0v) is 20.5. The largest absolute Gasteiger partial charge is 0.368 e. The fourth-order valence-electron chi connectivity index (χ4n) is 5.07. The summed E-state index contributed by atoms with van der Waals surface area (Å²) in [7, 11) is 1.94. The Morgan fingerprint density at radius 2 is 1.94 bits per heavy atom. The van der Waals surface area contributed by atoms with Crippen LogP contribution in [0.2, 0.25) is 0 Å². The summed E-state index contributed by atoms with van der Waals surface area (Å²) in [5, 5.41) is 11.4. The second-order valence-electron chi connectivity index (χ2n) is 9.78. The van der Waals surface area contributed by atoms with Crippen LogP contribution >= 0.6 is 0 Å². The van der Waals surface area contributed by atoms with E-state index in [-0.39, 0.29) is 11.7 Å². The lowest BCUT2D eigenvalue weighted by Crippen LogP contribution is -2.43. The van der Waals surface area contributed by atoms with Crippen molar-refractivity contribution in [2.75, 3.05) is 36.4 Å². The molecule has 178 valence electrons. The number of aryl methyl sites for hydroxylation is 1. The lowest BCUT2D eigenvalue weighted by atomic mass is 9.71. The first-order chi connectivity index (χ1) is 16.3. The molecule has 3 aromatic heterocycles.